The minimum Gasteiger partial charge on any atom is -0.496 e. The Morgan fingerprint density at radius 3 is 0.817 bits per heavy atom. The summed E-state index contributed by atoms with van der Waals surface area (Å²) in [6.45, 7) is 4.09. The van der Waals surface area contributed by atoms with Crippen molar-refractivity contribution < 1.29 is 80.9 Å². The number of ketones is 1. The Labute approximate surface area is 410 Å². The normalized spacial score (nSPS) is 11.9. The van der Waals surface area contributed by atoms with Crippen LogP contribution in [0.1, 0.15) is 73.7 Å². The SMILES string of the molecule is C=CC(=O)OCc1cc2c(OC)c(c1)Cc1cc(COC(=O)/C=C\C(=O)OC)cc(c1OC)Cc1cc(COC(=O)/C=C\C(=O)OC)cc(c1OC)Cc1cc(COC(=O)/C=C\C(C)=O)cc(c1OC)C2. The summed E-state index contributed by atoms with van der Waals surface area (Å²) in [6, 6.07) is 14.6. The molecule has 1 aliphatic carbocycles. The molecule has 0 atom stereocenters. The zero-order chi connectivity index (χ0) is 51.6. The summed E-state index contributed by atoms with van der Waals surface area (Å²) in [5, 5.41) is 0. The highest BCUT2D eigenvalue weighted by atomic mass is 16.6. The van der Waals surface area contributed by atoms with Crippen LogP contribution in [0.25, 0.3) is 0 Å². The molecule has 17 nitrogen and oxygen atoms in total. The molecule has 0 saturated heterocycles. The number of allylic oxidation sites excluding steroid dienone is 1. The summed E-state index contributed by atoms with van der Waals surface area (Å²) in [5.74, 6) is -2.84. The minimum absolute atomic E-state index is 0.119. The fourth-order valence-electron chi connectivity index (χ4n) is 7.97. The van der Waals surface area contributed by atoms with E-state index in [2.05, 4.69) is 16.1 Å². The molecule has 71 heavy (non-hydrogen) atoms. The van der Waals surface area contributed by atoms with Crippen LogP contribution >= 0.6 is 0 Å². The lowest BCUT2D eigenvalue weighted by atomic mass is 9.88. The van der Waals surface area contributed by atoms with Crippen LogP contribution in [0.2, 0.25) is 0 Å². The third kappa shape index (κ3) is 15.0. The van der Waals surface area contributed by atoms with Crippen LogP contribution in [0.5, 0.6) is 23.0 Å². The highest BCUT2D eigenvalue weighted by molar-refractivity contribution is 5.94. The predicted octanol–water partition coefficient (Wildman–Crippen LogP) is 6.36. The van der Waals surface area contributed by atoms with E-state index in [9.17, 15) is 33.6 Å². The third-order valence-corrected chi connectivity index (χ3v) is 10.8. The van der Waals surface area contributed by atoms with Gasteiger partial charge in [-0.3, -0.25) is 4.79 Å². The van der Waals surface area contributed by atoms with Crippen molar-refractivity contribution in [1.82, 2.24) is 0 Å². The molecule has 0 unspecified atom stereocenters. The van der Waals surface area contributed by atoms with Gasteiger partial charge in [0, 0.05) is 62.1 Å². The summed E-state index contributed by atoms with van der Waals surface area (Å²) < 4.78 is 56.2. The fraction of sp³-hybridized carbons (Fsp3) is 0.278. The summed E-state index contributed by atoms with van der Waals surface area (Å²) in [5.41, 5.74) is 7.43. The lowest BCUT2D eigenvalue weighted by Crippen LogP contribution is -2.10. The van der Waals surface area contributed by atoms with Crippen molar-refractivity contribution in [2.24, 2.45) is 0 Å². The quantitative estimate of drug-likeness (QED) is 0.0500. The molecule has 0 N–H and O–H groups in total. The van der Waals surface area contributed by atoms with E-state index in [-0.39, 0.29) is 57.9 Å². The molecule has 0 radical (unpaired) electrons. The molecule has 0 spiro atoms. The molecule has 0 heterocycles. The topological polar surface area (TPSA) is 212 Å². The van der Waals surface area contributed by atoms with Gasteiger partial charge in [0.05, 0.1) is 42.7 Å². The highest BCUT2D eigenvalue weighted by Crippen LogP contribution is 2.41. The maximum atomic E-state index is 12.8. The molecule has 4 aromatic rings. The molecule has 372 valence electrons. The number of carbonyl (C=O) groups excluding carboxylic acids is 7. The molecule has 0 aromatic heterocycles. The van der Waals surface area contributed by atoms with Crippen molar-refractivity contribution in [3.8, 4) is 23.0 Å². The van der Waals surface area contributed by atoms with E-state index in [0.717, 1.165) is 42.5 Å². The van der Waals surface area contributed by atoms with Gasteiger partial charge in [-0.25, -0.2) is 28.8 Å². The largest absolute Gasteiger partial charge is 0.496 e. The van der Waals surface area contributed by atoms with E-state index in [4.69, 9.17) is 37.9 Å². The Balaban J connectivity index is 1.80. The molecule has 5 rings (SSSR count). The number of carbonyl (C=O) groups is 7. The first-order chi connectivity index (χ1) is 34.1. The lowest BCUT2D eigenvalue weighted by molar-refractivity contribution is -0.140. The van der Waals surface area contributed by atoms with Crippen LogP contribution in [0.3, 0.4) is 0 Å². The number of hydrogen-bond acceptors (Lipinski definition) is 17. The number of benzene rings is 4. The number of rotatable bonds is 19. The van der Waals surface area contributed by atoms with Gasteiger partial charge in [0.2, 0.25) is 0 Å². The maximum absolute atomic E-state index is 12.8. The molecule has 8 bridgehead atoms. The molecular weight excluding hydrogens is 921 g/mol. The van der Waals surface area contributed by atoms with E-state index in [0.29, 0.717) is 89.8 Å². The van der Waals surface area contributed by atoms with Crippen LogP contribution in [0, 0.1) is 0 Å². The van der Waals surface area contributed by atoms with Crippen molar-refractivity contribution >= 4 is 41.6 Å². The van der Waals surface area contributed by atoms with Gasteiger partial charge in [0.25, 0.3) is 0 Å². The van der Waals surface area contributed by atoms with Gasteiger partial charge < -0.3 is 47.4 Å². The van der Waals surface area contributed by atoms with Crippen LogP contribution in [-0.4, -0.2) is 84.3 Å². The second-order valence-corrected chi connectivity index (χ2v) is 15.8. The Kier molecular flexibility index (Phi) is 19.4. The summed E-state index contributed by atoms with van der Waals surface area (Å²) in [7, 11) is 8.48. The van der Waals surface area contributed by atoms with Crippen molar-refractivity contribution in [1.29, 1.82) is 0 Å². The smallest absolute Gasteiger partial charge is 0.331 e. The fourth-order valence-corrected chi connectivity index (χ4v) is 7.97. The van der Waals surface area contributed by atoms with Gasteiger partial charge in [-0.15, -0.1) is 0 Å². The highest BCUT2D eigenvalue weighted by Gasteiger charge is 2.24. The molecule has 0 amide bonds. The van der Waals surface area contributed by atoms with Crippen molar-refractivity contribution in [3.05, 3.63) is 164 Å². The second kappa shape index (κ2) is 25.8. The number of esters is 6. The molecule has 4 aromatic carbocycles. The first-order valence-corrected chi connectivity index (χ1v) is 21.9. The van der Waals surface area contributed by atoms with E-state index in [1.807, 2.05) is 48.5 Å². The van der Waals surface area contributed by atoms with Gasteiger partial charge in [0.15, 0.2) is 5.78 Å². The molecule has 17 heteroatoms. The molecule has 1 aliphatic rings. The van der Waals surface area contributed by atoms with Crippen molar-refractivity contribution in [2.75, 3.05) is 42.7 Å². The van der Waals surface area contributed by atoms with Gasteiger partial charge >= 0.3 is 35.8 Å². The Morgan fingerprint density at radius 1 is 0.380 bits per heavy atom. The summed E-state index contributed by atoms with van der Waals surface area (Å²) >= 11 is 0. The van der Waals surface area contributed by atoms with E-state index in [1.54, 1.807) is 0 Å². The van der Waals surface area contributed by atoms with Crippen molar-refractivity contribution in [2.45, 2.75) is 59.0 Å². The summed E-state index contributed by atoms with van der Waals surface area (Å²) in [6.07, 6.45) is 7.69. The molecular formula is C54H54O17. The monoisotopic (exact) mass is 974 g/mol. The summed E-state index contributed by atoms with van der Waals surface area (Å²) in [4.78, 5) is 85.7. The first-order valence-electron chi connectivity index (χ1n) is 21.9. The standard InChI is InChI=1S/C54H54O17/c1-9-45(56)68-28-33-16-37-24-39-18-34(29-69-48(59)11-10-32(2)55)19-40(52(39)65-6)26-42-22-36(31-71-50(61)15-13-47(58)63-4)23-44(54(42)67-8)27-43-21-35(30-70-49(60)14-12-46(57)62-3)20-41(53(43)66-7)25-38(17-33)51(37)64-5/h9-23H,1,24-31H2,2-8H3/b11-10-,14-12-,15-13-. The maximum Gasteiger partial charge on any atom is 0.331 e. The number of fused-ring (bicyclic) bond motifs is 8. The van der Waals surface area contributed by atoms with Crippen LogP contribution in [0.15, 0.2) is 97.6 Å². The predicted molar refractivity (Wildman–Crippen MR) is 255 cm³/mol. The van der Waals surface area contributed by atoms with Gasteiger partial charge in [-0.2, -0.15) is 0 Å². The molecule has 0 fully saturated rings. The lowest BCUT2D eigenvalue weighted by Gasteiger charge is -2.23. The van der Waals surface area contributed by atoms with E-state index in [1.165, 1.54) is 49.6 Å². The Hall–Kier alpha value is -8.47. The zero-order valence-corrected chi connectivity index (χ0v) is 40.5. The molecule has 0 aliphatic heterocycles. The van der Waals surface area contributed by atoms with E-state index >= 15 is 0 Å². The number of hydrogen-bond donors (Lipinski definition) is 0. The van der Waals surface area contributed by atoms with Crippen molar-refractivity contribution in [3.63, 3.8) is 0 Å². The first kappa shape index (κ1) is 53.5. The average Bonchev–Trinajstić information content (AvgIpc) is 3.35. The number of methoxy groups -OCH3 is 6. The van der Waals surface area contributed by atoms with Crippen LogP contribution in [0.4, 0.5) is 0 Å². The van der Waals surface area contributed by atoms with Crippen LogP contribution < -0.4 is 18.9 Å². The minimum atomic E-state index is -0.800. The third-order valence-electron chi connectivity index (χ3n) is 10.8. The van der Waals surface area contributed by atoms with Crippen LogP contribution in [-0.2, 0) is 114 Å². The average molecular weight is 975 g/mol. The Bertz CT molecular complexity index is 2790. The van der Waals surface area contributed by atoms with E-state index < -0.39 is 35.8 Å². The number of ether oxygens (including phenoxy) is 10. The molecule has 0 saturated carbocycles. The zero-order valence-electron chi connectivity index (χ0n) is 40.5. The van der Waals surface area contributed by atoms with Gasteiger partial charge in [-0.1, -0.05) is 6.58 Å². The Morgan fingerprint density at radius 2 is 0.606 bits per heavy atom. The van der Waals surface area contributed by atoms with Gasteiger partial charge in [0.1, 0.15) is 49.4 Å². The second-order valence-electron chi connectivity index (χ2n) is 15.8. The van der Waals surface area contributed by atoms with Gasteiger partial charge in [-0.05, 0) is 128 Å².